The van der Waals surface area contributed by atoms with Crippen LogP contribution in [0.3, 0.4) is 0 Å². The Morgan fingerprint density at radius 3 is 2.85 bits per heavy atom. The first-order chi connectivity index (χ1) is 9.88. The highest BCUT2D eigenvalue weighted by molar-refractivity contribution is 5.85. The van der Waals surface area contributed by atoms with Crippen LogP contribution in [0.4, 0.5) is 0 Å². The van der Waals surface area contributed by atoms with Gasteiger partial charge in [-0.2, -0.15) is 0 Å². The van der Waals surface area contributed by atoms with E-state index in [0.717, 1.165) is 28.7 Å². The fourth-order valence-corrected chi connectivity index (χ4v) is 2.18. The summed E-state index contributed by atoms with van der Waals surface area (Å²) in [5.74, 6) is 1.45. The van der Waals surface area contributed by atoms with E-state index < -0.39 is 0 Å². The first-order valence-electron chi connectivity index (χ1n) is 6.60. The minimum Gasteiger partial charge on any atom is -0.489 e. The molecule has 0 fully saturated rings. The largest absolute Gasteiger partial charge is 0.489 e. The third-order valence-electron chi connectivity index (χ3n) is 3.16. The Morgan fingerprint density at radius 1 is 1.15 bits per heavy atom. The van der Waals surface area contributed by atoms with Crippen molar-refractivity contribution in [1.82, 2.24) is 4.98 Å². The molecule has 2 aromatic heterocycles. The van der Waals surface area contributed by atoms with Gasteiger partial charge in [0.15, 0.2) is 11.5 Å². The van der Waals surface area contributed by atoms with E-state index in [0.29, 0.717) is 18.9 Å². The molecule has 4 heteroatoms. The zero-order valence-corrected chi connectivity index (χ0v) is 11.1. The van der Waals surface area contributed by atoms with Crippen molar-refractivity contribution >= 4 is 11.0 Å². The lowest BCUT2D eigenvalue weighted by Gasteiger charge is -2.06. The lowest BCUT2D eigenvalue weighted by Crippen LogP contribution is -2.04. The Bertz CT molecular complexity index is 692. The molecule has 0 bridgehead atoms. The summed E-state index contributed by atoms with van der Waals surface area (Å²) in [5.41, 5.74) is 7.67. The van der Waals surface area contributed by atoms with Crippen LogP contribution in [0, 0.1) is 0 Å². The van der Waals surface area contributed by atoms with Gasteiger partial charge in [0.1, 0.15) is 5.58 Å². The molecule has 0 amide bonds. The molecule has 0 saturated carbocycles. The summed E-state index contributed by atoms with van der Waals surface area (Å²) in [6.45, 7) is 0.902. The van der Waals surface area contributed by atoms with E-state index in [9.17, 15) is 0 Å². The summed E-state index contributed by atoms with van der Waals surface area (Å²) in [7, 11) is 0. The Kier molecular flexibility index (Phi) is 3.65. The Morgan fingerprint density at radius 2 is 2.05 bits per heavy atom. The van der Waals surface area contributed by atoms with Crippen molar-refractivity contribution in [3.63, 3.8) is 0 Å². The molecule has 0 spiro atoms. The number of ether oxygens (including phenoxy) is 1. The van der Waals surface area contributed by atoms with Crippen LogP contribution in [0.2, 0.25) is 0 Å². The molecule has 3 rings (SSSR count). The number of hydrogen-bond donors (Lipinski definition) is 1. The molecule has 0 aliphatic rings. The fourth-order valence-electron chi connectivity index (χ4n) is 2.18. The van der Waals surface area contributed by atoms with E-state index in [2.05, 4.69) is 4.98 Å². The van der Waals surface area contributed by atoms with Gasteiger partial charge in [0.05, 0.1) is 18.5 Å². The van der Waals surface area contributed by atoms with Gasteiger partial charge in [-0.1, -0.05) is 18.2 Å². The van der Waals surface area contributed by atoms with Gasteiger partial charge in [-0.25, -0.2) is 0 Å². The zero-order chi connectivity index (χ0) is 13.8. The molecule has 0 saturated heterocycles. The first kappa shape index (κ1) is 12.7. The van der Waals surface area contributed by atoms with E-state index in [1.165, 1.54) is 0 Å². The maximum Gasteiger partial charge on any atom is 0.169 e. The number of aromatic nitrogens is 1. The molecule has 3 aromatic rings. The molecule has 2 N–H and O–H groups in total. The fraction of sp³-hybridized carbons (Fsp3) is 0.188. The van der Waals surface area contributed by atoms with Gasteiger partial charge in [0.25, 0.3) is 0 Å². The van der Waals surface area contributed by atoms with Gasteiger partial charge in [0, 0.05) is 18.8 Å². The van der Waals surface area contributed by atoms with E-state index in [1.54, 1.807) is 6.20 Å². The minimum absolute atomic E-state index is 0.330. The molecule has 102 valence electrons. The minimum atomic E-state index is 0.330. The third kappa shape index (κ3) is 2.51. The molecule has 0 aliphatic carbocycles. The van der Waals surface area contributed by atoms with Crippen LogP contribution in [-0.4, -0.2) is 11.6 Å². The molecule has 0 aliphatic heterocycles. The van der Waals surface area contributed by atoms with Crippen molar-refractivity contribution in [3.8, 4) is 5.75 Å². The van der Waals surface area contributed by atoms with Crippen LogP contribution in [0.1, 0.15) is 11.3 Å². The van der Waals surface area contributed by atoms with Crippen LogP contribution in [0.5, 0.6) is 5.75 Å². The highest BCUT2D eigenvalue weighted by atomic mass is 16.5. The van der Waals surface area contributed by atoms with Crippen LogP contribution in [0.25, 0.3) is 11.0 Å². The number of rotatable bonds is 5. The molecule has 2 heterocycles. The normalized spacial score (nSPS) is 10.8. The van der Waals surface area contributed by atoms with Crippen molar-refractivity contribution in [2.24, 2.45) is 5.73 Å². The Labute approximate surface area is 117 Å². The summed E-state index contributed by atoms with van der Waals surface area (Å²) in [5, 5.41) is 0.971. The lowest BCUT2D eigenvalue weighted by atomic mass is 10.2. The van der Waals surface area contributed by atoms with E-state index in [-0.39, 0.29) is 0 Å². The summed E-state index contributed by atoms with van der Waals surface area (Å²) in [6.07, 6.45) is 4.42. The molecule has 1 aromatic carbocycles. The summed E-state index contributed by atoms with van der Waals surface area (Å²) >= 11 is 0. The van der Waals surface area contributed by atoms with Crippen LogP contribution < -0.4 is 10.5 Å². The second-order valence-corrected chi connectivity index (χ2v) is 4.51. The van der Waals surface area contributed by atoms with Gasteiger partial charge in [-0.05, 0) is 23.8 Å². The van der Waals surface area contributed by atoms with Crippen molar-refractivity contribution in [2.75, 3.05) is 6.61 Å². The van der Waals surface area contributed by atoms with Gasteiger partial charge in [-0.3, -0.25) is 4.98 Å². The molecule has 0 radical (unpaired) electrons. The zero-order valence-electron chi connectivity index (χ0n) is 11.1. The first-order valence-corrected chi connectivity index (χ1v) is 6.60. The predicted octanol–water partition coefficient (Wildman–Crippen LogP) is 2.91. The van der Waals surface area contributed by atoms with Crippen molar-refractivity contribution in [2.45, 2.75) is 13.0 Å². The number of pyridine rings is 1. The molecular weight excluding hydrogens is 252 g/mol. The van der Waals surface area contributed by atoms with Crippen LogP contribution in [0.15, 0.2) is 53.2 Å². The number of nitrogens with zero attached hydrogens (tertiary/aromatic N) is 1. The monoisotopic (exact) mass is 268 g/mol. The summed E-state index contributed by atoms with van der Waals surface area (Å²) in [4.78, 5) is 4.09. The topological polar surface area (TPSA) is 61.3 Å². The Balaban J connectivity index is 1.77. The second-order valence-electron chi connectivity index (χ2n) is 4.51. The second kappa shape index (κ2) is 5.75. The maximum atomic E-state index is 5.88. The summed E-state index contributed by atoms with van der Waals surface area (Å²) < 4.78 is 11.6. The standard InChI is InChI=1S/C16H16N2O2/c17-10-15-16(13-5-1-2-6-14(13)20-15)19-9-7-12-4-3-8-18-11-12/h1-6,8,11H,7,9-10,17H2. The lowest BCUT2D eigenvalue weighted by molar-refractivity contribution is 0.314. The van der Waals surface area contributed by atoms with Crippen LogP contribution in [-0.2, 0) is 13.0 Å². The average Bonchev–Trinajstić information content (AvgIpc) is 2.87. The molecule has 0 unspecified atom stereocenters. The van der Waals surface area contributed by atoms with Gasteiger partial charge < -0.3 is 14.9 Å². The van der Waals surface area contributed by atoms with E-state index in [4.69, 9.17) is 14.9 Å². The van der Waals surface area contributed by atoms with E-state index in [1.807, 2.05) is 42.6 Å². The van der Waals surface area contributed by atoms with Gasteiger partial charge in [-0.15, -0.1) is 0 Å². The highest BCUT2D eigenvalue weighted by Crippen LogP contribution is 2.32. The number of fused-ring (bicyclic) bond motifs is 1. The van der Waals surface area contributed by atoms with Gasteiger partial charge in [0.2, 0.25) is 0 Å². The number of furan rings is 1. The predicted molar refractivity (Wildman–Crippen MR) is 77.5 cm³/mol. The number of benzene rings is 1. The quantitative estimate of drug-likeness (QED) is 0.773. The van der Waals surface area contributed by atoms with E-state index >= 15 is 0 Å². The number of nitrogens with two attached hydrogens (primary N) is 1. The molecule has 20 heavy (non-hydrogen) atoms. The summed E-state index contributed by atoms with van der Waals surface area (Å²) in [6, 6.07) is 11.8. The number of hydrogen-bond acceptors (Lipinski definition) is 4. The highest BCUT2D eigenvalue weighted by Gasteiger charge is 2.13. The van der Waals surface area contributed by atoms with Crippen molar-refractivity contribution < 1.29 is 9.15 Å². The number of para-hydroxylation sites is 1. The maximum absolute atomic E-state index is 5.88. The molecule has 4 nitrogen and oxygen atoms in total. The SMILES string of the molecule is NCc1oc2ccccc2c1OCCc1cccnc1. The van der Waals surface area contributed by atoms with Crippen LogP contribution >= 0.6 is 0 Å². The van der Waals surface area contributed by atoms with Gasteiger partial charge >= 0.3 is 0 Å². The van der Waals surface area contributed by atoms with Crippen molar-refractivity contribution in [1.29, 1.82) is 0 Å². The molecule has 0 atom stereocenters. The third-order valence-corrected chi connectivity index (χ3v) is 3.16. The molecular formula is C16H16N2O2. The Hall–Kier alpha value is -2.33. The smallest absolute Gasteiger partial charge is 0.169 e. The van der Waals surface area contributed by atoms with Crippen molar-refractivity contribution in [3.05, 3.63) is 60.1 Å². The average molecular weight is 268 g/mol.